The number of aliphatic carboxylic acids is 1. The molecule has 0 spiro atoms. The monoisotopic (exact) mass is 350 g/mol. The summed E-state index contributed by atoms with van der Waals surface area (Å²) in [6.07, 6.45) is 26.1. The van der Waals surface area contributed by atoms with Crippen LogP contribution in [0.4, 0.5) is 0 Å². The molecule has 0 rings (SSSR count). The SMILES string of the molecule is CCCCCC=CCC=CCC=CCCCCCOCCCC(=O)O. The summed E-state index contributed by atoms with van der Waals surface area (Å²) in [7, 11) is 0. The molecule has 0 amide bonds. The zero-order valence-corrected chi connectivity index (χ0v) is 16.1. The lowest BCUT2D eigenvalue weighted by molar-refractivity contribution is -0.137. The summed E-state index contributed by atoms with van der Waals surface area (Å²) in [5, 5.41) is 8.50. The zero-order valence-electron chi connectivity index (χ0n) is 16.1. The minimum absolute atomic E-state index is 0.203. The average molecular weight is 351 g/mol. The van der Waals surface area contributed by atoms with E-state index in [9.17, 15) is 4.79 Å². The third-order valence-electron chi connectivity index (χ3n) is 3.86. The molecule has 1 N–H and O–H groups in total. The van der Waals surface area contributed by atoms with Crippen molar-refractivity contribution in [3.05, 3.63) is 36.5 Å². The van der Waals surface area contributed by atoms with Gasteiger partial charge in [0.1, 0.15) is 0 Å². The number of carboxylic acid groups (broad SMARTS) is 1. The van der Waals surface area contributed by atoms with Gasteiger partial charge in [-0.1, -0.05) is 62.6 Å². The molecule has 0 fully saturated rings. The molecule has 0 radical (unpaired) electrons. The molecule has 144 valence electrons. The van der Waals surface area contributed by atoms with Crippen molar-refractivity contribution in [2.24, 2.45) is 0 Å². The largest absolute Gasteiger partial charge is 0.481 e. The molecule has 0 heterocycles. The standard InChI is InChI=1S/C22H38O3/c1-2-3-4-5-6-7-8-9-10-11-12-13-14-15-16-17-20-25-21-18-19-22(23)24/h6-7,9-10,12-13H,2-5,8,11,14-21H2,1H3,(H,23,24). The molecule has 0 unspecified atom stereocenters. The van der Waals surface area contributed by atoms with Crippen molar-refractivity contribution in [1.82, 2.24) is 0 Å². The molecule has 0 aliphatic carbocycles. The lowest BCUT2D eigenvalue weighted by atomic mass is 10.2. The Morgan fingerprint density at radius 2 is 1.32 bits per heavy atom. The lowest BCUT2D eigenvalue weighted by Crippen LogP contribution is -2.01. The van der Waals surface area contributed by atoms with Crippen LogP contribution >= 0.6 is 0 Å². The van der Waals surface area contributed by atoms with Gasteiger partial charge in [-0.2, -0.15) is 0 Å². The van der Waals surface area contributed by atoms with E-state index in [2.05, 4.69) is 43.4 Å². The molecular weight excluding hydrogens is 312 g/mol. The van der Waals surface area contributed by atoms with Gasteiger partial charge in [-0.3, -0.25) is 4.79 Å². The van der Waals surface area contributed by atoms with Crippen molar-refractivity contribution in [3.63, 3.8) is 0 Å². The molecule has 25 heavy (non-hydrogen) atoms. The Hall–Kier alpha value is -1.35. The van der Waals surface area contributed by atoms with Crippen LogP contribution in [0.5, 0.6) is 0 Å². The number of ether oxygens (including phenoxy) is 1. The smallest absolute Gasteiger partial charge is 0.303 e. The fraction of sp³-hybridized carbons (Fsp3) is 0.682. The number of hydrogen-bond acceptors (Lipinski definition) is 2. The first-order chi connectivity index (χ1) is 12.3. The van der Waals surface area contributed by atoms with Gasteiger partial charge in [-0.25, -0.2) is 0 Å². The van der Waals surface area contributed by atoms with E-state index in [1.165, 1.54) is 38.5 Å². The molecule has 0 saturated carbocycles. The van der Waals surface area contributed by atoms with E-state index in [1.807, 2.05) is 0 Å². The number of unbranched alkanes of at least 4 members (excludes halogenated alkanes) is 6. The van der Waals surface area contributed by atoms with Crippen molar-refractivity contribution in [2.45, 2.75) is 84.0 Å². The highest BCUT2D eigenvalue weighted by atomic mass is 16.5. The van der Waals surface area contributed by atoms with E-state index in [0.29, 0.717) is 13.0 Å². The lowest BCUT2D eigenvalue weighted by Gasteiger charge is -2.02. The first-order valence-corrected chi connectivity index (χ1v) is 10.0. The van der Waals surface area contributed by atoms with Crippen molar-refractivity contribution in [1.29, 1.82) is 0 Å². The molecule has 0 aromatic rings. The van der Waals surface area contributed by atoms with E-state index >= 15 is 0 Å². The van der Waals surface area contributed by atoms with Gasteiger partial charge < -0.3 is 9.84 Å². The van der Waals surface area contributed by atoms with Crippen molar-refractivity contribution in [3.8, 4) is 0 Å². The van der Waals surface area contributed by atoms with Gasteiger partial charge in [0.25, 0.3) is 0 Å². The van der Waals surface area contributed by atoms with E-state index in [4.69, 9.17) is 9.84 Å². The van der Waals surface area contributed by atoms with Crippen LogP contribution in [0.2, 0.25) is 0 Å². The molecule has 3 nitrogen and oxygen atoms in total. The third kappa shape index (κ3) is 22.6. The highest BCUT2D eigenvalue weighted by Gasteiger charge is 1.96. The Morgan fingerprint density at radius 1 is 0.760 bits per heavy atom. The minimum Gasteiger partial charge on any atom is -0.481 e. The van der Waals surface area contributed by atoms with Gasteiger partial charge >= 0.3 is 5.97 Å². The van der Waals surface area contributed by atoms with Crippen LogP contribution in [-0.4, -0.2) is 24.3 Å². The van der Waals surface area contributed by atoms with E-state index < -0.39 is 5.97 Å². The van der Waals surface area contributed by atoms with Crippen LogP contribution in [0.25, 0.3) is 0 Å². The van der Waals surface area contributed by atoms with E-state index in [1.54, 1.807) is 0 Å². The van der Waals surface area contributed by atoms with Crippen LogP contribution < -0.4 is 0 Å². The molecule has 0 atom stereocenters. The Bertz CT molecular complexity index is 369. The summed E-state index contributed by atoms with van der Waals surface area (Å²) >= 11 is 0. The number of carbonyl (C=O) groups is 1. The fourth-order valence-corrected chi connectivity index (χ4v) is 2.36. The summed E-state index contributed by atoms with van der Waals surface area (Å²) in [6, 6.07) is 0. The summed E-state index contributed by atoms with van der Waals surface area (Å²) in [5.74, 6) is -0.746. The van der Waals surface area contributed by atoms with Crippen molar-refractivity contribution >= 4 is 5.97 Å². The van der Waals surface area contributed by atoms with Gasteiger partial charge in [-0.15, -0.1) is 0 Å². The second kappa shape index (κ2) is 20.7. The summed E-state index contributed by atoms with van der Waals surface area (Å²) in [6.45, 7) is 3.55. The molecule has 0 aromatic carbocycles. The topological polar surface area (TPSA) is 46.5 Å². The van der Waals surface area contributed by atoms with Crippen LogP contribution in [-0.2, 0) is 9.53 Å². The Balaban J connectivity index is 3.24. The Morgan fingerprint density at radius 3 is 1.92 bits per heavy atom. The first kappa shape index (κ1) is 23.6. The van der Waals surface area contributed by atoms with E-state index in [0.717, 1.165) is 32.3 Å². The zero-order chi connectivity index (χ0) is 18.4. The second-order valence-electron chi connectivity index (χ2n) is 6.34. The molecule has 0 aliphatic rings. The summed E-state index contributed by atoms with van der Waals surface area (Å²) in [5.41, 5.74) is 0. The van der Waals surface area contributed by atoms with Gasteiger partial charge in [0.15, 0.2) is 0 Å². The first-order valence-electron chi connectivity index (χ1n) is 10.0. The highest BCUT2D eigenvalue weighted by Crippen LogP contribution is 2.03. The van der Waals surface area contributed by atoms with Gasteiger partial charge in [0.2, 0.25) is 0 Å². The molecule has 3 heteroatoms. The van der Waals surface area contributed by atoms with Gasteiger partial charge in [0.05, 0.1) is 0 Å². The number of allylic oxidation sites excluding steroid dienone is 6. The molecule has 0 aromatic heterocycles. The maximum absolute atomic E-state index is 10.3. The third-order valence-corrected chi connectivity index (χ3v) is 3.86. The average Bonchev–Trinajstić information content (AvgIpc) is 2.60. The van der Waals surface area contributed by atoms with E-state index in [-0.39, 0.29) is 6.42 Å². The maximum atomic E-state index is 10.3. The predicted molar refractivity (Wildman–Crippen MR) is 107 cm³/mol. The Labute approximate surface area is 154 Å². The predicted octanol–water partition coefficient (Wildman–Crippen LogP) is 6.46. The number of hydrogen-bond donors (Lipinski definition) is 1. The highest BCUT2D eigenvalue weighted by molar-refractivity contribution is 5.66. The molecular formula is C22H38O3. The normalized spacial score (nSPS) is 12.0. The van der Waals surface area contributed by atoms with Crippen LogP contribution in [0.3, 0.4) is 0 Å². The van der Waals surface area contributed by atoms with Gasteiger partial charge in [-0.05, 0) is 51.4 Å². The Kier molecular flexibility index (Phi) is 19.6. The molecule has 0 bridgehead atoms. The minimum atomic E-state index is -0.746. The molecule has 0 saturated heterocycles. The van der Waals surface area contributed by atoms with Crippen LogP contribution in [0, 0.1) is 0 Å². The summed E-state index contributed by atoms with van der Waals surface area (Å²) in [4.78, 5) is 10.3. The van der Waals surface area contributed by atoms with Crippen molar-refractivity contribution < 1.29 is 14.6 Å². The van der Waals surface area contributed by atoms with Crippen LogP contribution in [0.1, 0.15) is 84.0 Å². The van der Waals surface area contributed by atoms with Crippen LogP contribution in [0.15, 0.2) is 36.5 Å². The molecule has 0 aliphatic heterocycles. The maximum Gasteiger partial charge on any atom is 0.303 e. The quantitative estimate of drug-likeness (QED) is 0.228. The van der Waals surface area contributed by atoms with Gasteiger partial charge in [0, 0.05) is 19.6 Å². The number of carboxylic acids is 1. The second-order valence-corrected chi connectivity index (χ2v) is 6.34. The fourth-order valence-electron chi connectivity index (χ4n) is 2.36. The van der Waals surface area contributed by atoms with Crippen molar-refractivity contribution in [2.75, 3.05) is 13.2 Å². The summed E-state index contributed by atoms with van der Waals surface area (Å²) < 4.78 is 5.41. The number of rotatable bonds is 18.